The van der Waals surface area contributed by atoms with Crippen LogP contribution in [0.25, 0.3) is 22.2 Å². The molecule has 168 valence electrons. The van der Waals surface area contributed by atoms with E-state index in [1.54, 1.807) is 30.1 Å². The van der Waals surface area contributed by atoms with Crippen LogP contribution >= 0.6 is 0 Å². The van der Waals surface area contributed by atoms with Crippen LogP contribution in [-0.2, 0) is 6.54 Å². The van der Waals surface area contributed by atoms with E-state index < -0.39 is 0 Å². The summed E-state index contributed by atoms with van der Waals surface area (Å²) in [6.07, 6.45) is 4.72. The number of nitrogens with zero attached hydrogens (tertiary/aromatic N) is 2. The zero-order chi connectivity index (χ0) is 23.7. The molecule has 0 radical (unpaired) electrons. The number of anilines is 1. The lowest BCUT2D eigenvalue weighted by Crippen LogP contribution is -2.16. The average molecular weight is 451 g/mol. The molecule has 2 aromatic carbocycles. The van der Waals surface area contributed by atoms with Crippen molar-refractivity contribution >= 4 is 28.2 Å². The maximum Gasteiger partial charge on any atom is 0.257 e. The molecule has 0 atom stereocenters. The van der Waals surface area contributed by atoms with Gasteiger partial charge in [0.25, 0.3) is 11.5 Å². The number of fused-ring (bicyclic) bond motifs is 1. The number of aromatic amines is 2. The Morgan fingerprint density at radius 1 is 1.09 bits per heavy atom. The number of H-pyrrole nitrogens is 2. The minimum Gasteiger partial charge on any atom is -0.354 e. The van der Waals surface area contributed by atoms with Gasteiger partial charge in [-0.05, 0) is 42.3 Å². The topological polar surface area (TPSA) is 119 Å². The largest absolute Gasteiger partial charge is 0.354 e. The lowest BCUT2D eigenvalue weighted by atomic mass is 10.1. The monoisotopic (exact) mass is 450 g/mol. The second-order valence-electron chi connectivity index (χ2n) is 8.11. The number of benzene rings is 2. The number of para-hydroxylation sites is 1. The maximum atomic E-state index is 12.9. The first-order valence-electron chi connectivity index (χ1n) is 10.8. The summed E-state index contributed by atoms with van der Waals surface area (Å²) < 4.78 is 1.72. The Bertz CT molecular complexity index is 1560. The normalized spacial score (nSPS) is 11.0. The molecule has 0 bridgehead atoms. The van der Waals surface area contributed by atoms with Crippen molar-refractivity contribution in [3.8, 4) is 11.3 Å². The predicted octanol–water partition coefficient (Wildman–Crippen LogP) is 4.41. The van der Waals surface area contributed by atoms with Crippen LogP contribution in [0.2, 0.25) is 0 Å². The van der Waals surface area contributed by atoms with E-state index in [4.69, 9.17) is 5.41 Å². The third-order valence-corrected chi connectivity index (χ3v) is 5.58. The molecule has 5 rings (SSSR count). The highest BCUT2D eigenvalue weighted by atomic mass is 16.2. The molecule has 0 aliphatic heterocycles. The molecule has 0 saturated carbocycles. The molecule has 0 fully saturated rings. The van der Waals surface area contributed by atoms with E-state index in [0.29, 0.717) is 34.8 Å². The maximum absolute atomic E-state index is 12.9. The van der Waals surface area contributed by atoms with Crippen LogP contribution in [0.3, 0.4) is 0 Å². The minimum absolute atomic E-state index is 0.279. The second-order valence-corrected chi connectivity index (χ2v) is 8.11. The van der Waals surface area contributed by atoms with Gasteiger partial charge in [0.1, 0.15) is 0 Å². The van der Waals surface area contributed by atoms with E-state index >= 15 is 0 Å². The van der Waals surface area contributed by atoms with Gasteiger partial charge in [0, 0.05) is 29.0 Å². The van der Waals surface area contributed by atoms with Crippen LogP contribution in [0.4, 0.5) is 5.69 Å². The van der Waals surface area contributed by atoms with Crippen LogP contribution in [0.15, 0.2) is 84.0 Å². The molecule has 0 saturated heterocycles. The SMILES string of the molecule is CC(=N)c1cccc(Cn2cc(NC(=O)c3c[nH]c(=O)c(-c4cc5ccccc5[nH]4)c3)cn2)c1. The number of aromatic nitrogens is 4. The Morgan fingerprint density at radius 2 is 1.94 bits per heavy atom. The standard InChI is InChI=1S/C26H22N6O2/c1-16(27)18-7-4-5-17(9-18)14-32-15-21(13-29-32)30-25(33)20-10-22(26(34)28-12-20)24-11-19-6-2-3-8-23(19)31-24/h2-13,15,27,31H,14H2,1H3,(H,28,34)(H,30,33). The molecule has 3 aromatic heterocycles. The van der Waals surface area contributed by atoms with Gasteiger partial charge in [0.05, 0.1) is 35.2 Å². The summed E-state index contributed by atoms with van der Waals surface area (Å²) in [7, 11) is 0. The van der Waals surface area contributed by atoms with Crippen molar-refractivity contribution in [2.75, 3.05) is 5.32 Å². The summed E-state index contributed by atoms with van der Waals surface area (Å²) in [4.78, 5) is 31.2. The van der Waals surface area contributed by atoms with Crippen molar-refractivity contribution in [1.82, 2.24) is 19.7 Å². The van der Waals surface area contributed by atoms with E-state index in [9.17, 15) is 9.59 Å². The Balaban J connectivity index is 1.34. The first kappa shape index (κ1) is 21.1. The molecule has 3 heterocycles. The van der Waals surface area contributed by atoms with Crippen LogP contribution < -0.4 is 10.9 Å². The third-order valence-electron chi connectivity index (χ3n) is 5.58. The highest BCUT2D eigenvalue weighted by molar-refractivity contribution is 6.04. The van der Waals surface area contributed by atoms with E-state index in [0.717, 1.165) is 22.0 Å². The third kappa shape index (κ3) is 4.29. The molecule has 8 heteroatoms. The van der Waals surface area contributed by atoms with E-state index in [2.05, 4.69) is 20.4 Å². The van der Waals surface area contributed by atoms with Gasteiger partial charge in [-0.3, -0.25) is 14.3 Å². The Morgan fingerprint density at radius 3 is 2.76 bits per heavy atom. The lowest BCUT2D eigenvalue weighted by molar-refractivity contribution is 0.102. The molecular weight excluding hydrogens is 428 g/mol. The fourth-order valence-corrected chi connectivity index (χ4v) is 3.84. The summed E-state index contributed by atoms with van der Waals surface area (Å²) in [6, 6.07) is 18.9. The number of amides is 1. The smallest absolute Gasteiger partial charge is 0.257 e. The summed E-state index contributed by atoms with van der Waals surface area (Å²) in [5.74, 6) is -0.352. The number of hydrogen-bond donors (Lipinski definition) is 4. The summed E-state index contributed by atoms with van der Waals surface area (Å²) in [6.45, 7) is 2.27. The van der Waals surface area contributed by atoms with Gasteiger partial charge in [0.15, 0.2) is 0 Å². The Labute approximate surface area is 194 Å². The van der Waals surface area contributed by atoms with Crippen LogP contribution in [0, 0.1) is 5.41 Å². The zero-order valence-corrected chi connectivity index (χ0v) is 18.4. The number of hydrogen-bond acceptors (Lipinski definition) is 4. The van der Waals surface area contributed by atoms with Crippen LogP contribution in [0.1, 0.15) is 28.4 Å². The van der Waals surface area contributed by atoms with Crippen molar-refractivity contribution in [2.24, 2.45) is 0 Å². The van der Waals surface area contributed by atoms with E-state index in [1.165, 1.54) is 6.20 Å². The highest BCUT2D eigenvalue weighted by Crippen LogP contribution is 2.22. The number of rotatable bonds is 6. The molecule has 1 amide bonds. The lowest BCUT2D eigenvalue weighted by Gasteiger charge is -2.05. The first-order chi connectivity index (χ1) is 16.5. The molecule has 0 unspecified atom stereocenters. The number of nitrogens with one attached hydrogen (secondary N) is 4. The number of pyridine rings is 1. The van der Waals surface area contributed by atoms with Crippen molar-refractivity contribution in [2.45, 2.75) is 13.5 Å². The van der Waals surface area contributed by atoms with Crippen LogP contribution in [-0.4, -0.2) is 31.4 Å². The van der Waals surface area contributed by atoms with Gasteiger partial charge in [-0.1, -0.05) is 36.4 Å². The van der Waals surface area contributed by atoms with E-state index in [1.807, 2.05) is 54.6 Å². The van der Waals surface area contributed by atoms with Gasteiger partial charge in [0.2, 0.25) is 0 Å². The molecule has 34 heavy (non-hydrogen) atoms. The predicted molar refractivity (Wildman–Crippen MR) is 133 cm³/mol. The van der Waals surface area contributed by atoms with Gasteiger partial charge in [-0.25, -0.2) is 0 Å². The quantitative estimate of drug-likeness (QED) is 0.287. The van der Waals surface area contributed by atoms with Crippen molar-refractivity contribution in [3.63, 3.8) is 0 Å². The molecular formula is C26H22N6O2. The summed E-state index contributed by atoms with van der Waals surface area (Å²) in [5.41, 5.74) is 4.92. The minimum atomic E-state index is -0.352. The summed E-state index contributed by atoms with van der Waals surface area (Å²) >= 11 is 0. The zero-order valence-electron chi connectivity index (χ0n) is 18.4. The van der Waals surface area contributed by atoms with Gasteiger partial charge in [-0.2, -0.15) is 5.10 Å². The molecule has 0 spiro atoms. The average Bonchev–Trinajstić information content (AvgIpc) is 3.46. The van der Waals surface area contributed by atoms with Crippen LogP contribution in [0.5, 0.6) is 0 Å². The van der Waals surface area contributed by atoms with Crippen molar-refractivity contribution in [1.29, 1.82) is 5.41 Å². The Hall–Kier alpha value is -4.72. The fraction of sp³-hybridized carbons (Fsp3) is 0.0769. The Kier molecular flexibility index (Phi) is 5.39. The summed E-state index contributed by atoms with van der Waals surface area (Å²) in [5, 5.41) is 15.9. The number of carbonyl (C=O) groups is 1. The molecule has 5 aromatic rings. The highest BCUT2D eigenvalue weighted by Gasteiger charge is 2.13. The fourth-order valence-electron chi connectivity index (χ4n) is 3.84. The number of carbonyl (C=O) groups excluding carboxylic acids is 1. The van der Waals surface area contributed by atoms with Crippen molar-refractivity contribution in [3.05, 3.63) is 106 Å². The van der Waals surface area contributed by atoms with Gasteiger partial charge >= 0.3 is 0 Å². The molecule has 8 nitrogen and oxygen atoms in total. The van der Waals surface area contributed by atoms with Crippen molar-refractivity contribution < 1.29 is 4.79 Å². The molecule has 0 aliphatic rings. The molecule has 4 N–H and O–H groups in total. The van der Waals surface area contributed by atoms with Gasteiger partial charge < -0.3 is 20.7 Å². The van der Waals surface area contributed by atoms with Gasteiger partial charge in [-0.15, -0.1) is 0 Å². The molecule has 0 aliphatic carbocycles. The van der Waals surface area contributed by atoms with E-state index in [-0.39, 0.29) is 11.5 Å². The first-order valence-corrected chi connectivity index (χ1v) is 10.8. The second kappa shape index (κ2) is 8.67.